The smallest absolute Gasteiger partial charge is 0.312 e. The average Bonchev–Trinajstić information content (AvgIpc) is 2.58. The monoisotopic (exact) mass is 272 g/mol. The molecule has 7 heteroatoms. The molecule has 0 spiro atoms. The summed E-state index contributed by atoms with van der Waals surface area (Å²) in [5.41, 5.74) is 0.554. The molecule has 0 radical (unpaired) electrons. The Balaban J connectivity index is 2.25. The molecule has 1 heterocycles. The number of hydrogen-bond acceptors (Lipinski definition) is 6. The number of nitrogens with zero attached hydrogens (tertiary/aromatic N) is 2. The van der Waals surface area contributed by atoms with Gasteiger partial charge in [0.05, 0.1) is 16.7 Å². The minimum Gasteiger partial charge on any atom is -0.502 e. The van der Waals surface area contributed by atoms with Crippen molar-refractivity contribution in [1.29, 1.82) is 0 Å². The Hall–Kier alpha value is -1.08. The zero-order chi connectivity index (χ0) is 12.3. The Morgan fingerprint density at radius 3 is 2.53 bits per heavy atom. The van der Waals surface area contributed by atoms with E-state index in [2.05, 4.69) is 4.90 Å². The molecule has 1 aromatic rings. The molecule has 2 rings (SSSR count). The van der Waals surface area contributed by atoms with Gasteiger partial charge in [0, 0.05) is 23.3 Å². The average molecular weight is 272 g/mol. The first kappa shape index (κ1) is 12.4. The van der Waals surface area contributed by atoms with Crippen molar-refractivity contribution in [2.75, 3.05) is 28.2 Å². The number of nitro benzene ring substituents is 1. The number of thioether (sulfide) groups is 2. The normalized spacial score (nSPS) is 16.6. The third kappa shape index (κ3) is 2.98. The molecule has 5 nitrogen and oxygen atoms in total. The molecule has 1 N–H and O–H groups in total. The Morgan fingerprint density at radius 1 is 1.29 bits per heavy atom. The van der Waals surface area contributed by atoms with Crippen LogP contribution in [0.2, 0.25) is 0 Å². The van der Waals surface area contributed by atoms with Crippen LogP contribution in [-0.4, -0.2) is 33.3 Å². The van der Waals surface area contributed by atoms with Gasteiger partial charge in [-0.2, -0.15) is 0 Å². The van der Waals surface area contributed by atoms with E-state index in [1.54, 1.807) is 6.07 Å². The maximum atomic E-state index is 10.7. The summed E-state index contributed by atoms with van der Waals surface area (Å²) in [6.45, 7) is 0. The van der Waals surface area contributed by atoms with Gasteiger partial charge in [-0.15, -0.1) is 23.5 Å². The SMILES string of the molecule is O=[N+]([O-])c1cc(N2CSCCSC2)ccc1O. The Labute approximate surface area is 107 Å². The van der Waals surface area contributed by atoms with E-state index in [1.807, 2.05) is 23.5 Å². The highest BCUT2D eigenvalue weighted by Gasteiger charge is 2.17. The Kier molecular flexibility index (Phi) is 4.01. The van der Waals surface area contributed by atoms with Crippen molar-refractivity contribution in [2.45, 2.75) is 0 Å². The molecule has 0 bridgehead atoms. The molecule has 1 fully saturated rings. The topological polar surface area (TPSA) is 66.6 Å². The van der Waals surface area contributed by atoms with Gasteiger partial charge in [-0.25, -0.2) is 0 Å². The highest BCUT2D eigenvalue weighted by Crippen LogP contribution is 2.32. The van der Waals surface area contributed by atoms with Crippen LogP contribution in [-0.2, 0) is 0 Å². The zero-order valence-corrected chi connectivity index (χ0v) is 10.7. The summed E-state index contributed by atoms with van der Waals surface area (Å²) in [7, 11) is 0. The highest BCUT2D eigenvalue weighted by atomic mass is 32.2. The fraction of sp³-hybridized carbons (Fsp3) is 0.400. The maximum Gasteiger partial charge on any atom is 0.312 e. The molecular weight excluding hydrogens is 260 g/mol. The van der Waals surface area contributed by atoms with E-state index in [1.165, 1.54) is 12.1 Å². The summed E-state index contributed by atoms with van der Waals surface area (Å²) in [4.78, 5) is 12.3. The summed E-state index contributed by atoms with van der Waals surface area (Å²) in [6.07, 6.45) is 0. The van der Waals surface area contributed by atoms with Crippen molar-refractivity contribution in [2.24, 2.45) is 0 Å². The van der Waals surface area contributed by atoms with Gasteiger partial charge >= 0.3 is 5.69 Å². The van der Waals surface area contributed by atoms with E-state index in [0.29, 0.717) is 0 Å². The first-order valence-corrected chi connectivity index (χ1v) is 7.37. The summed E-state index contributed by atoms with van der Waals surface area (Å²) < 4.78 is 0. The predicted octanol–water partition coefficient (Wildman–Crippen LogP) is 2.50. The zero-order valence-electron chi connectivity index (χ0n) is 9.04. The fourth-order valence-corrected chi connectivity index (χ4v) is 3.75. The second-order valence-electron chi connectivity index (χ2n) is 3.54. The number of nitro groups is 1. The van der Waals surface area contributed by atoms with E-state index in [0.717, 1.165) is 28.9 Å². The van der Waals surface area contributed by atoms with E-state index in [-0.39, 0.29) is 11.4 Å². The maximum absolute atomic E-state index is 10.7. The first-order chi connectivity index (χ1) is 8.18. The van der Waals surface area contributed by atoms with Crippen LogP contribution < -0.4 is 4.90 Å². The number of hydrogen-bond donors (Lipinski definition) is 1. The third-order valence-electron chi connectivity index (χ3n) is 2.39. The minimum absolute atomic E-state index is 0.234. The van der Waals surface area contributed by atoms with Gasteiger partial charge in [-0.1, -0.05) is 0 Å². The molecule has 0 aromatic heterocycles. The lowest BCUT2D eigenvalue weighted by Crippen LogP contribution is -2.20. The van der Waals surface area contributed by atoms with Crippen LogP contribution in [0.15, 0.2) is 18.2 Å². The molecule has 0 unspecified atom stereocenters. The molecule has 0 saturated carbocycles. The van der Waals surface area contributed by atoms with Crippen LogP contribution in [0.1, 0.15) is 0 Å². The van der Waals surface area contributed by atoms with E-state index in [9.17, 15) is 15.2 Å². The van der Waals surface area contributed by atoms with Gasteiger partial charge in [0.25, 0.3) is 0 Å². The van der Waals surface area contributed by atoms with Gasteiger partial charge in [-0.05, 0) is 12.1 Å². The van der Waals surface area contributed by atoms with Crippen molar-refractivity contribution < 1.29 is 10.0 Å². The van der Waals surface area contributed by atoms with Crippen LogP contribution in [0.4, 0.5) is 11.4 Å². The van der Waals surface area contributed by atoms with Gasteiger partial charge in [0.15, 0.2) is 5.75 Å². The number of aromatic hydroxyl groups is 1. The third-order valence-corrected chi connectivity index (χ3v) is 4.62. The molecule has 17 heavy (non-hydrogen) atoms. The van der Waals surface area contributed by atoms with E-state index >= 15 is 0 Å². The number of benzene rings is 1. The van der Waals surface area contributed by atoms with Crippen LogP contribution >= 0.6 is 23.5 Å². The van der Waals surface area contributed by atoms with E-state index < -0.39 is 4.92 Å². The van der Waals surface area contributed by atoms with Gasteiger partial charge in [-0.3, -0.25) is 10.1 Å². The summed E-state index contributed by atoms with van der Waals surface area (Å²) in [5.74, 6) is 3.57. The molecule has 1 aliphatic rings. The van der Waals surface area contributed by atoms with Crippen LogP contribution in [0, 0.1) is 10.1 Å². The van der Waals surface area contributed by atoms with Crippen LogP contribution in [0.5, 0.6) is 5.75 Å². The Morgan fingerprint density at radius 2 is 1.94 bits per heavy atom. The molecule has 0 aliphatic carbocycles. The van der Waals surface area contributed by atoms with E-state index in [4.69, 9.17) is 0 Å². The quantitative estimate of drug-likeness (QED) is 0.659. The summed E-state index contributed by atoms with van der Waals surface area (Å²) >= 11 is 3.62. The second kappa shape index (κ2) is 5.50. The lowest BCUT2D eigenvalue weighted by Gasteiger charge is -2.21. The molecular formula is C10H12N2O3S2. The highest BCUT2D eigenvalue weighted by molar-refractivity contribution is 8.03. The van der Waals surface area contributed by atoms with Crippen LogP contribution in [0.3, 0.4) is 0 Å². The van der Waals surface area contributed by atoms with Crippen molar-refractivity contribution in [3.05, 3.63) is 28.3 Å². The molecule has 1 saturated heterocycles. The summed E-state index contributed by atoms with van der Waals surface area (Å²) in [5, 5.41) is 20.1. The predicted molar refractivity (Wildman–Crippen MR) is 71.9 cm³/mol. The minimum atomic E-state index is -0.559. The number of phenolic OH excluding ortho intramolecular Hbond substituents is 1. The van der Waals surface area contributed by atoms with Crippen molar-refractivity contribution in [1.82, 2.24) is 0 Å². The lowest BCUT2D eigenvalue weighted by atomic mass is 10.2. The van der Waals surface area contributed by atoms with Gasteiger partial charge < -0.3 is 10.0 Å². The standard InChI is InChI=1S/C10H12N2O3S2/c13-10-2-1-8(5-9(10)12(14)15)11-6-16-3-4-17-7-11/h1-2,5,13H,3-4,6-7H2. The van der Waals surface area contributed by atoms with Gasteiger partial charge in [0.1, 0.15) is 0 Å². The molecule has 1 aliphatic heterocycles. The molecule has 1 aromatic carbocycles. The fourth-order valence-electron chi connectivity index (χ4n) is 1.51. The molecule has 0 amide bonds. The lowest BCUT2D eigenvalue weighted by molar-refractivity contribution is -0.385. The van der Waals surface area contributed by atoms with Crippen LogP contribution in [0.25, 0.3) is 0 Å². The molecule has 92 valence electrons. The number of phenols is 1. The largest absolute Gasteiger partial charge is 0.502 e. The number of rotatable bonds is 2. The molecule has 0 atom stereocenters. The first-order valence-electron chi connectivity index (χ1n) is 5.06. The van der Waals surface area contributed by atoms with Crippen molar-refractivity contribution >= 4 is 34.9 Å². The van der Waals surface area contributed by atoms with Crippen molar-refractivity contribution in [3.8, 4) is 5.75 Å². The number of anilines is 1. The summed E-state index contributed by atoms with van der Waals surface area (Å²) in [6, 6.07) is 4.53. The van der Waals surface area contributed by atoms with Gasteiger partial charge in [0.2, 0.25) is 0 Å². The Bertz CT molecular complexity index is 420. The van der Waals surface area contributed by atoms with Crippen molar-refractivity contribution in [3.63, 3.8) is 0 Å². The second-order valence-corrected chi connectivity index (χ2v) is 5.69.